The number of carbonyl (C=O) groups excluding carboxylic acids is 1. The molecule has 0 bridgehead atoms. The van der Waals surface area contributed by atoms with Crippen LogP contribution in [0.4, 0.5) is 0 Å². The molecule has 1 aromatic carbocycles. The fourth-order valence-electron chi connectivity index (χ4n) is 2.52. The van der Waals surface area contributed by atoms with Crippen LogP contribution in [0.25, 0.3) is 0 Å². The fraction of sp³-hybridized carbons (Fsp3) is 0.562. The van der Waals surface area contributed by atoms with Crippen LogP contribution in [0.1, 0.15) is 26.2 Å². The van der Waals surface area contributed by atoms with Gasteiger partial charge in [0.25, 0.3) is 0 Å². The number of ether oxygens (including phenoxy) is 3. The van der Waals surface area contributed by atoms with E-state index in [0.29, 0.717) is 32.7 Å². The van der Waals surface area contributed by atoms with E-state index in [0.717, 1.165) is 12.2 Å². The van der Waals surface area contributed by atoms with E-state index < -0.39 is 5.54 Å². The summed E-state index contributed by atoms with van der Waals surface area (Å²) in [6.45, 7) is 3.11. The molecule has 2 rings (SSSR count). The normalized spacial score (nSPS) is 24.8. The molecule has 116 valence electrons. The second-order valence-electron chi connectivity index (χ2n) is 5.27. The maximum Gasteiger partial charge on any atom is 0.326 e. The van der Waals surface area contributed by atoms with Crippen molar-refractivity contribution in [1.29, 1.82) is 0 Å². The van der Waals surface area contributed by atoms with Crippen molar-refractivity contribution in [3.8, 4) is 5.75 Å². The van der Waals surface area contributed by atoms with Crippen LogP contribution in [0.5, 0.6) is 5.75 Å². The Morgan fingerprint density at radius 1 is 1.33 bits per heavy atom. The smallest absolute Gasteiger partial charge is 0.326 e. The van der Waals surface area contributed by atoms with E-state index in [1.165, 1.54) is 0 Å². The molecule has 0 amide bonds. The van der Waals surface area contributed by atoms with Crippen LogP contribution in [0.2, 0.25) is 0 Å². The monoisotopic (exact) mass is 293 g/mol. The molecule has 5 heteroatoms. The van der Waals surface area contributed by atoms with E-state index in [-0.39, 0.29) is 12.1 Å². The van der Waals surface area contributed by atoms with Crippen LogP contribution >= 0.6 is 0 Å². The average molecular weight is 293 g/mol. The Hall–Kier alpha value is -1.59. The fourth-order valence-corrected chi connectivity index (χ4v) is 2.52. The number of para-hydroxylation sites is 1. The summed E-state index contributed by atoms with van der Waals surface area (Å²) < 4.78 is 16.3. The average Bonchev–Trinajstić information content (AvgIpc) is 2.88. The lowest BCUT2D eigenvalue weighted by Crippen LogP contribution is -2.47. The van der Waals surface area contributed by atoms with Crippen molar-refractivity contribution in [3.63, 3.8) is 0 Å². The highest BCUT2D eigenvalue weighted by molar-refractivity contribution is 5.81. The number of benzene rings is 1. The molecule has 2 atom stereocenters. The topological polar surface area (TPSA) is 70.8 Å². The molecule has 0 heterocycles. The Kier molecular flexibility index (Phi) is 5.59. The van der Waals surface area contributed by atoms with Gasteiger partial charge in [0.1, 0.15) is 17.9 Å². The molecule has 1 fully saturated rings. The standard InChI is InChI=1S/C16H23NO4/c1-2-19-15(18)16(17)9-8-14(12-16)21-11-10-20-13-6-4-3-5-7-13/h3-7,14H,2,8-12,17H2,1H3. The summed E-state index contributed by atoms with van der Waals surface area (Å²) >= 11 is 0. The summed E-state index contributed by atoms with van der Waals surface area (Å²) in [5, 5.41) is 0. The van der Waals surface area contributed by atoms with E-state index in [4.69, 9.17) is 19.9 Å². The molecule has 0 aliphatic heterocycles. The molecular weight excluding hydrogens is 270 g/mol. The van der Waals surface area contributed by atoms with Crippen molar-refractivity contribution < 1.29 is 19.0 Å². The van der Waals surface area contributed by atoms with Crippen LogP contribution < -0.4 is 10.5 Å². The van der Waals surface area contributed by atoms with E-state index in [1.807, 2.05) is 30.3 Å². The minimum absolute atomic E-state index is 0.00113. The maximum absolute atomic E-state index is 11.8. The van der Waals surface area contributed by atoms with Crippen LogP contribution in [-0.4, -0.2) is 37.4 Å². The van der Waals surface area contributed by atoms with E-state index in [2.05, 4.69) is 0 Å². The highest BCUT2D eigenvalue weighted by Gasteiger charge is 2.43. The first kappa shape index (κ1) is 15.8. The van der Waals surface area contributed by atoms with Gasteiger partial charge in [-0.3, -0.25) is 4.79 Å². The molecule has 2 unspecified atom stereocenters. The lowest BCUT2D eigenvalue weighted by Gasteiger charge is -2.21. The third-order valence-electron chi connectivity index (χ3n) is 3.64. The Morgan fingerprint density at radius 2 is 2.10 bits per heavy atom. The van der Waals surface area contributed by atoms with Gasteiger partial charge in [-0.05, 0) is 31.9 Å². The van der Waals surface area contributed by atoms with Crippen LogP contribution in [0.15, 0.2) is 30.3 Å². The summed E-state index contributed by atoms with van der Waals surface area (Å²) in [5.74, 6) is 0.504. The molecule has 2 N–H and O–H groups in total. The summed E-state index contributed by atoms with van der Waals surface area (Å²) in [5.41, 5.74) is 5.20. The minimum Gasteiger partial charge on any atom is -0.491 e. The predicted octanol–water partition coefficient (Wildman–Crippen LogP) is 1.90. The van der Waals surface area contributed by atoms with E-state index >= 15 is 0 Å². The van der Waals surface area contributed by atoms with Gasteiger partial charge >= 0.3 is 5.97 Å². The zero-order valence-electron chi connectivity index (χ0n) is 12.4. The number of rotatable bonds is 7. The number of esters is 1. The lowest BCUT2D eigenvalue weighted by atomic mass is 9.99. The molecule has 1 saturated carbocycles. The Morgan fingerprint density at radius 3 is 2.81 bits per heavy atom. The summed E-state index contributed by atoms with van der Waals surface area (Å²) in [6, 6.07) is 9.60. The Bertz CT molecular complexity index is 451. The Balaban J connectivity index is 1.67. The quantitative estimate of drug-likeness (QED) is 0.614. The lowest BCUT2D eigenvalue weighted by molar-refractivity contribution is -0.149. The number of nitrogens with two attached hydrogens (primary N) is 1. The van der Waals surface area contributed by atoms with Gasteiger partial charge < -0.3 is 19.9 Å². The third-order valence-corrected chi connectivity index (χ3v) is 3.64. The first-order valence-electron chi connectivity index (χ1n) is 7.39. The summed E-state index contributed by atoms with van der Waals surface area (Å²) in [7, 11) is 0. The zero-order chi connectivity index (χ0) is 15.1. The molecule has 0 radical (unpaired) electrons. The predicted molar refractivity (Wildman–Crippen MR) is 79.1 cm³/mol. The third kappa shape index (κ3) is 4.44. The van der Waals surface area contributed by atoms with Gasteiger partial charge in [-0.2, -0.15) is 0 Å². The van der Waals surface area contributed by atoms with Crippen LogP contribution in [-0.2, 0) is 14.3 Å². The van der Waals surface area contributed by atoms with Crippen LogP contribution in [0, 0.1) is 0 Å². The molecule has 0 spiro atoms. The number of hydrogen-bond donors (Lipinski definition) is 1. The maximum atomic E-state index is 11.8. The summed E-state index contributed by atoms with van der Waals surface area (Å²) in [6.07, 6.45) is 1.90. The largest absolute Gasteiger partial charge is 0.491 e. The van der Waals surface area contributed by atoms with Gasteiger partial charge in [0.15, 0.2) is 0 Å². The van der Waals surface area contributed by atoms with E-state index in [1.54, 1.807) is 6.92 Å². The Labute approximate surface area is 125 Å². The van der Waals surface area contributed by atoms with Crippen molar-refractivity contribution >= 4 is 5.97 Å². The molecule has 0 saturated heterocycles. The SMILES string of the molecule is CCOC(=O)C1(N)CCC(OCCOc2ccccc2)C1. The first-order chi connectivity index (χ1) is 10.1. The second kappa shape index (κ2) is 7.43. The first-order valence-corrected chi connectivity index (χ1v) is 7.39. The van der Waals surface area contributed by atoms with Crippen molar-refractivity contribution in [2.45, 2.75) is 37.8 Å². The van der Waals surface area contributed by atoms with Crippen molar-refractivity contribution in [2.24, 2.45) is 5.73 Å². The highest BCUT2D eigenvalue weighted by atomic mass is 16.5. The van der Waals surface area contributed by atoms with Gasteiger partial charge in [-0.25, -0.2) is 0 Å². The molecule has 1 aromatic rings. The molecule has 1 aliphatic carbocycles. The minimum atomic E-state index is -0.888. The number of carbonyl (C=O) groups is 1. The molecule has 1 aliphatic rings. The zero-order valence-corrected chi connectivity index (χ0v) is 12.4. The van der Waals surface area contributed by atoms with Crippen LogP contribution in [0.3, 0.4) is 0 Å². The van der Waals surface area contributed by atoms with Gasteiger partial charge in [0.2, 0.25) is 0 Å². The van der Waals surface area contributed by atoms with Gasteiger partial charge in [0.05, 0.1) is 19.3 Å². The van der Waals surface area contributed by atoms with Crippen molar-refractivity contribution in [1.82, 2.24) is 0 Å². The molecule has 21 heavy (non-hydrogen) atoms. The molecule has 5 nitrogen and oxygen atoms in total. The summed E-state index contributed by atoms with van der Waals surface area (Å²) in [4.78, 5) is 11.8. The van der Waals surface area contributed by atoms with Gasteiger partial charge in [-0.15, -0.1) is 0 Å². The highest BCUT2D eigenvalue weighted by Crippen LogP contribution is 2.31. The van der Waals surface area contributed by atoms with Gasteiger partial charge in [0, 0.05) is 6.42 Å². The van der Waals surface area contributed by atoms with E-state index in [9.17, 15) is 4.79 Å². The second-order valence-corrected chi connectivity index (χ2v) is 5.27. The molecule has 0 aromatic heterocycles. The molecular formula is C16H23NO4. The number of hydrogen-bond acceptors (Lipinski definition) is 5. The van der Waals surface area contributed by atoms with Gasteiger partial charge in [-0.1, -0.05) is 18.2 Å². The van der Waals surface area contributed by atoms with Crippen molar-refractivity contribution in [2.75, 3.05) is 19.8 Å². The van der Waals surface area contributed by atoms with Crippen molar-refractivity contribution in [3.05, 3.63) is 30.3 Å².